The minimum atomic E-state index is -0.632. The number of methoxy groups -OCH3 is 1. The molecule has 0 saturated carbocycles. The third-order valence-electron chi connectivity index (χ3n) is 7.19. The number of nitrogens with one attached hydrogen (secondary N) is 3. The SMILES string of the molecule is COC(=O)Nc1ccc2c(c1)NC(=O)CC/C=C\C[C@H](N1CCC(c3cccc(Cl)c3)CC1=O)c1nc-2c(Cl)[nH]1. The van der Waals surface area contributed by atoms with Gasteiger partial charge in [-0.2, -0.15) is 0 Å². The number of carbonyl (C=O) groups excluding carboxylic acids is 3. The van der Waals surface area contributed by atoms with E-state index in [9.17, 15) is 14.4 Å². The lowest BCUT2D eigenvalue weighted by atomic mass is 9.88. The summed E-state index contributed by atoms with van der Waals surface area (Å²) in [6.07, 6.45) is 5.77. The van der Waals surface area contributed by atoms with E-state index >= 15 is 0 Å². The number of carbonyl (C=O) groups is 3. The second-order valence-corrected chi connectivity index (χ2v) is 10.6. The normalized spacial score (nSPS) is 20.3. The van der Waals surface area contributed by atoms with Crippen LogP contribution in [-0.4, -0.2) is 46.4 Å². The van der Waals surface area contributed by atoms with Crippen LogP contribution in [0.5, 0.6) is 0 Å². The Bertz CT molecular complexity index is 1470. The molecule has 2 aromatic carbocycles. The number of likely N-dealkylation sites (tertiary alicyclic amines) is 1. The number of benzene rings is 2. The minimum Gasteiger partial charge on any atom is -0.453 e. The number of fused-ring (bicyclic) bond motifs is 4. The molecule has 0 radical (unpaired) electrons. The van der Waals surface area contributed by atoms with Crippen molar-refractivity contribution in [2.24, 2.45) is 0 Å². The van der Waals surface area contributed by atoms with Gasteiger partial charge in [0.1, 0.15) is 16.7 Å². The zero-order valence-electron chi connectivity index (χ0n) is 21.9. The Hall–Kier alpha value is -3.82. The first-order chi connectivity index (χ1) is 19.3. The molecule has 1 fully saturated rings. The predicted molar refractivity (Wildman–Crippen MR) is 155 cm³/mol. The third kappa shape index (κ3) is 6.16. The molecule has 5 rings (SSSR count). The van der Waals surface area contributed by atoms with E-state index < -0.39 is 6.09 Å². The van der Waals surface area contributed by atoms with Crippen LogP contribution in [0.1, 0.15) is 55.5 Å². The summed E-state index contributed by atoms with van der Waals surface area (Å²) in [6, 6.07) is 12.3. The Morgan fingerprint density at radius 3 is 2.77 bits per heavy atom. The molecule has 3 heterocycles. The minimum absolute atomic E-state index is 0.0313. The van der Waals surface area contributed by atoms with Crippen molar-refractivity contribution in [3.05, 3.63) is 76.2 Å². The lowest BCUT2D eigenvalue weighted by Gasteiger charge is -2.36. The zero-order chi connectivity index (χ0) is 28.2. The second kappa shape index (κ2) is 12.1. The van der Waals surface area contributed by atoms with Gasteiger partial charge >= 0.3 is 6.09 Å². The van der Waals surface area contributed by atoms with Crippen molar-refractivity contribution < 1.29 is 19.1 Å². The molecule has 2 bridgehead atoms. The molecule has 3 aromatic rings. The van der Waals surface area contributed by atoms with Crippen LogP contribution >= 0.6 is 23.2 Å². The van der Waals surface area contributed by atoms with E-state index in [1.54, 1.807) is 18.2 Å². The summed E-state index contributed by atoms with van der Waals surface area (Å²) in [5.74, 6) is 0.499. The molecule has 0 aliphatic carbocycles. The Kier molecular flexibility index (Phi) is 8.42. The molecule has 2 aliphatic heterocycles. The summed E-state index contributed by atoms with van der Waals surface area (Å²) < 4.78 is 4.68. The van der Waals surface area contributed by atoms with Gasteiger partial charge in [-0.1, -0.05) is 47.5 Å². The Morgan fingerprint density at radius 1 is 1.15 bits per heavy atom. The lowest BCUT2D eigenvalue weighted by Crippen LogP contribution is -2.41. The maximum Gasteiger partial charge on any atom is 0.411 e. The van der Waals surface area contributed by atoms with Gasteiger partial charge in [-0.25, -0.2) is 9.78 Å². The maximum absolute atomic E-state index is 13.5. The second-order valence-electron chi connectivity index (χ2n) is 9.80. The summed E-state index contributed by atoms with van der Waals surface area (Å²) >= 11 is 12.9. The number of anilines is 2. The summed E-state index contributed by atoms with van der Waals surface area (Å²) in [7, 11) is 1.27. The monoisotopic (exact) mass is 581 g/mol. The van der Waals surface area contributed by atoms with Crippen LogP contribution in [0.3, 0.4) is 0 Å². The molecule has 40 heavy (non-hydrogen) atoms. The third-order valence-corrected chi connectivity index (χ3v) is 7.70. The van der Waals surface area contributed by atoms with Crippen molar-refractivity contribution in [2.75, 3.05) is 24.3 Å². The average Bonchev–Trinajstić information content (AvgIpc) is 3.31. The predicted octanol–water partition coefficient (Wildman–Crippen LogP) is 6.69. The van der Waals surface area contributed by atoms with Crippen molar-refractivity contribution in [1.82, 2.24) is 14.9 Å². The number of hydrogen-bond donors (Lipinski definition) is 3. The van der Waals surface area contributed by atoms with E-state index in [-0.39, 0.29) is 35.3 Å². The van der Waals surface area contributed by atoms with Gasteiger partial charge in [0.05, 0.1) is 18.8 Å². The van der Waals surface area contributed by atoms with Gasteiger partial charge in [0.25, 0.3) is 0 Å². The van der Waals surface area contributed by atoms with Crippen LogP contribution < -0.4 is 10.6 Å². The van der Waals surface area contributed by atoms with E-state index in [1.807, 2.05) is 41.3 Å². The molecule has 9 nitrogen and oxygen atoms in total. The van der Waals surface area contributed by atoms with Crippen LogP contribution in [0.25, 0.3) is 11.3 Å². The van der Waals surface area contributed by atoms with Crippen LogP contribution in [0, 0.1) is 0 Å². The number of aromatic nitrogens is 2. The number of amides is 3. The molecule has 1 unspecified atom stereocenters. The van der Waals surface area contributed by atoms with Crippen LogP contribution in [0.15, 0.2) is 54.6 Å². The topological polar surface area (TPSA) is 116 Å². The van der Waals surface area contributed by atoms with Crippen LogP contribution in [0.4, 0.5) is 16.2 Å². The largest absolute Gasteiger partial charge is 0.453 e. The lowest BCUT2D eigenvalue weighted by molar-refractivity contribution is -0.136. The van der Waals surface area contributed by atoms with Gasteiger partial charge in [-0.05, 0) is 61.1 Å². The summed E-state index contributed by atoms with van der Waals surface area (Å²) in [5.41, 5.74) is 2.96. The van der Waals surface area contributed by atoms with Gasteiger partial charge in [-0.3, -0.25) is 14.9 Å². The molecule has 11 heteroatoms. The van der Waals surface area contributed by atoms with Crippen LogP contribution in [-0.2, 0) is 14.3 Å². The fourth-order valence-electron chi connectivity index (χ4n) is 5.19. The standard InChI is InChI=1S/C29H29Cl2N5O4/c1-40-29(39)32-20-10-11-21-22(16-20)33-24(37)9-4-2-3-8-23(28-34-26(21)27(31)35-28)36-13-12-18(15-25(36)38)17-6-5-7-19(30)14-17/h2-3,5-7,10-11,14,16,18,23H,4,8-9,12-13,15H2,1H3,(H,32,39)(H,33,37)(H,34,35)/b3-2-/t18?,23-/m0/s1. The molecule has 1 aromatic heterocycles. The molecule has 0 spiro atoms. The Balaban J connectivity index is 1.47. The van der Waals surface area contributed by atoms with Crippen molar-refractivity contribution in [3.8, 4) is 11.3 Å². The molecule has 3 amide bonds. The summed E-state index contributed by atoms with van der Waals surface area (Å²) in [4.78, 5) is 47.8. The Labute approximate surface area is 241 Å². The summed E-state index contributed by atoms with van der Waals surface area (Å²) in [5, 5.41) is 6.46. The van der Waals surface area contributed by atoms with Crippen molar-refractivity contribution in [2.45, 2.75) is 44.1 Å². The van der Waals surface area contributed by atoms with Crippen molar-refractivity contribution in [3.63, 3.8) is 0 Å². The van der Waals surface area contributed by atoms with Crippen molar-refractivity contribution >= 4 is 52.5 Å². The quantitative estimate of drug-likeness (QED) is 0.298. The fraction of sp³-hybridized carbons (Fsp3) is 0.310. The number of imidazole rings is 1. The smallest absolute Gasteiger partial charge is 0.411 e. The first kappa shape index (κ1) is 27.7. The number of piperidine rings is 1. The molecule has 1 saturated heterocycles. The van der Waals surface area contributed by atoms with E-state index in [0.29, 0.717) is 59.3 Å². The van der Waals surface area contributed by atoms with E-state index in [4.69, 9.17) is 28.2 Å². The van der Waals surface area contributed by atoms with Crippen molar-refractivity contribution in [1.29, 1.82) is 0 Å². The first-order valence-corrected chi connectivity index (χ1v) is 13.8. The van der Waals surface area contributed by atoms with Gasteiger partial charge in [0.2, 0.25) is 11.8 Å². The molecule has 208 valence electrons. The van der Waals surface area contributed by atoms with Gasteiger partial charge in [0.15, 0.2) is 0 Å². The zero-order valence-corrected chi connectivity index (χ0v) is 23.4. The molecular formula is C29H29Cl2N5O4. The number of H-pyrrole nitrogens is 1. The highest BCUT2D eigenvalue weighted by atomic mass is 35.5. The number of aromatic amines is 1. The summed E-state index contributed by atoms with van der Waals surface area (Å²) in [6.45, 7) is 0.557. The number of allylic oxidation sites excluding steroid dienone is 1. The molecular weight excluding hydrogens is 553 g/mol. The highest BCUT2D eigenvalue weighted by Crippen LogP contribution is 2.39. The van der Waals surface area contributed by atoms with Crippen LogP contribution in [0.2, 0.25) is 10.2 Å². The molecule has 2 atom stereocenters. The van der Waals surface area contributed by atoms with Gasteiger partial charge in [0, 0.05) is 35.7 Å². The number of halogens is 2. The average molecular weight is 582 g/mol. The highest BCUT2D eigenvalue weighted by Gasteiger charge is 2.34. The maximum atomic E-state index is 13.5. The number of nitrogens with zero attached hydrogens (tertiary/aromatic N) is 2. The highest BCUT2D eigenvalue weighted by molar-refractivity contribution is 6.32. The van der Waals surface area contributed by atoms with E-state index in [2.05, 4.69) is 20.4 Å². The number of hydrogen-bond acceptors (Lipinski definition) is 5. The molecule has 3 N–H and O–H groups in total. The number of ether oxygens (including phenoxy) is 1. The van der Waals surface area contributed by atoms with E-state index in [0.717, 1.165) is 12.0 Å². The van der Waals surface area contributed by atoms with Gasteiger partial charge < -0.3 is 19.9 Å². The number of rotatable bonds is 3. The fourth-order valence-corrected chi connectivity index (χ4v) is 5.63. The first-order valence-electron chi connectivity index (χ1n) is 13.1. The Morgan fingerprint density at radius 2 is 2.00 bits per heavy atom. The molecule has 2 aliphatic rings. The van der Waals surface area contributed by atoms with E-state index in [1.165, 1.54) is 7.11 Å². The van der Waals surface area contributed by atoms with Gasteiger partial charge in [-0.15, -0.1) is 0 Å².